The SMILES string of the molecule is C=CCOC(=O)C(N)CC1CNC2CCCCC12.Cl. The standard InChI is InChI=1S/C14H24N2O2.ClH/c1-2-7-18-14(17)12(15)8-10-9-16-13-6-4-3-5-11(10)13;/h2,10-13,16H,1,3-9,15H2;1H. The minimum absolute atomic E-state index is 0. The minimum Gasteiger partial charge on any atom is -0.460 e. The lowest BCUT2D eigenvalue weighted by Crippen LogP contribution is -2.36. The molecule has 0 radical (unpaired) electrons. The molecule has 4 atom stereocenters. The molecule has 0 aromatic heterocycles. The van der Waals surface area contributed by atoms with Crippen molar-refractivity contribution in [3.8, 4) is 0 Å². The molecular weight excluding hydrogens is 264 g/mol. The van der Waals surface area contributed by atoms with E-state index in [0.717, 1.165) is 13.0 Å². The van der Waals surface area contributed by atoms with Crippen molar-refractivity contribution in [1.82, 2.24) is 5.32 Å². The number of carbonyl (C=O) groups excluding carboxylic acids is 1. The van der Waals surface area contributed by atoms with Crippen molar-refractivity contribution in [1.29, 1.82) is 0 Å². The number of rotatable bonds is 5. The van der Waals surface area contributed by atoms with Crippen molar-refractivity contribution in [2.45, 2.75) is 44.2 Å². The third kappa shape index (κ3) is 4.20. The van der Waals surface area contributed by atoms with Gasteiger partial charge < -0.3 is 15.8 Å². The summed E-state index contributed by atoms with van der Waals surface area (Å²) in [7, 11) is 0. The summed E-state index contributed by atoms with van der Waals surface area (Å²) in [4.78, 5) is 11.6. The van der Waals surface area contributed by atoms with Gasteiger partial charge in [0.25, 0.3) is 0 Å². The molecule has 2 aliphatic rings. The van der Waals surface area contributed by atoms with Gasteiger partial charge in [-0.3, -0.25) is 4.79 Å². The van der Waals surface area contributed by atoms with Crippen molar-refractivity contribution >= 4 is 18.4 Å². The van der Waals surface area contributed by atoms with E-state index in [1.165, 1.54) is 25.7 Å². The topological polar surface area (TPSA) is 64.3 Å². The molecule has 1 aliphatic carbocycles. The molecule has 19 heavy (non-hydrogen) atoms. The molecule has 0 amide bonds. The Morgan fingerprint density at radius 1 is 1.47 bits per heavy atom. The Balaban J connectivity index is 0.00000180. The molecule has 0 aromatic carbocycles. The van der Waals surface area contributed by atoms with Gasteiger partial charge in [-0.05, 0) is 37.6 Å². The van der Waals surface area contributed by atoms with Crippen LogP contribution in [0.5, 0.6) is 0 Å². The molecule has 1 saturated heterocycles. The molecule has 0 spiro atoms. The van der Waals surface area contributed by atoms with Gasteiger partial charge in [0.1, 0.15) is 12.6 Å². The highest BCUT2D eigenvalue weighted by Gasteiger charge is 2.38. The molecule has 2 fully saturated rings. The van der Waals surface area contributed by atoms with Crippen LogP contribution in [-0.4, -0.2) is 31.2 Å². The molecular formula is C14H25ClN2O2. The first-order valence-electron chi connectivity index (χ1n) is 6.99. The Bertz CT molecular complexity index is 312. The van der Waals surface area contributed by atoms with Gasteiger partial charge in [0.2, 0.25) is 0 Å². The lowest BCUT2D eigenvalue weighted by atomic mass is 9.78. The van der Waals surface area contributed by atoms with Crippen molar-refractivity contribution < 1.29 is 9.53 Å². The van der Waals surface area contributed by atoms with Crippen LogP contribution < -0.4 is 11.1 Å². The molecule has 4 unspecified atom stereocenters. The zero-order valence-corrected chi connectivity index (χ0v) is 12.2. The maximum atomic E-state index is 11.6. The third-order valence-corrected chi connectivity index (χ3v) is 4.27. The number of nitrogens with one attached hydrogen (secondary N) is 1. The number of fused-ring (bicyclic) bond motifs is 1. The highest BCUT2D eigenvalue weighted by molar-refractivity contribution is 5.85. The summed E-state index contributed by atoms with van der Waals surface area (Å²) in [5.74, 6) is 0.938. The quantitative estimate of drug-likeness (QED) is 0.596. The van der Waals surface area contributed by atoms with Crippen LogP contribution in [0.4, 0.5) is 0 Å². The van der Waals surface area contributed by atoms with Crippen LogP contribution >= 0.6 is 12.4 Å². The highest BCUT2D eigenvalue weighted by atomic mass is 35.5. The van der Waals surface area contributed by atoms with Gasteiger partial charge in [0.05, 0.1) is 0 Å². The zero-order chi connectivity index (χ0) is 13.0. The van der Waals surface area contributed by atoms with Gasteiger partial charge in [0, 0.05) is 6.04 Å². The van der Waals surface area contributed by atoms with E-state index in [-0.39, 0.29) is 25.0 Å². The van der Waals surface area contributed by atoms with Crippen LogP contribution in [0.2, 0.25) is 0 Å². The fourth-order valence-corrected chi connectivity index (χ4v) is 3.36. The highest BCUT2D eigenvalue weighted by Crippen LogP contribution is 2.36. The number of ether oxygens (including phenoxy) is 1. The number of carbonyl (C=O) groups is 1. The normalized spacial score (nSPS) is 30.9. The third-order valence-electron chi connectivity index (χ3n) is 4.27. The number of hydrogen-bond acceptors (Lipinski definition) is 4. The van der Waals surface area contributed by atoms with Gasteiger partial charge in [-0.1, -0.05) is 25.5 Å². The van der Waals surface area contributed by atoms with Crippen molar-refractivity contribution in [3.63, 3.8) is 0 Å². The molecule has 3 N–H and O–H groups in total. The van der Waals surface area contributed by atoms with E-state index in [0.29, 0.717) is 17.9 Å². The average molecular weight is 289 g/mol. The van der Waals surface area contributed by atoms with Crippen molar-refractivity contribution in [2.24, 2.45) is 17.6 Å². The Morgan fingerprint density at radius 2 is 2.21 bits per heavy atom. The van der Waals surface area contributed by atoms with Crippen LogP contribution in [-0.2, 0) is 9.53 Å². The lowest BCUT2D eigenvalue weighted by molar-refractivity contribution is -0.144. The Hall–Kier alpha value is -0.580. The van der Waals surface area contributed by atoms with E-state index in [9.17, 15) is 4.79 Å². The van der Waals surface area contributed by atoms with Gasteiger partial charge >= 0.3 is 5.97 Å². The molecule has 1 aliphatic heterocycles. The van der Waals surface area contributed by atoms with Gasteiger partial charge in [0.15, 0.2) is 0 Å². The minimum atomic E-state index is -0.488. The first kappa shape index (κ1) is 16.5. The van der Waals surface area contributed by atoms with Crippen LogP contribution in [0.1, 0.15) is 32.1 Å². The monoisotopic (exact) mass is 288 g/mol. The van der Waals surface area contributed by atoms with E-state index in [1.54, 1.807) is 6.08 Å². The number of halogens is 1. The number of nitrogens with two attached hydrogens (primary N) is 1. The molecule has 2 rings (SSSR count). The number of hydrogen-bond donors (Lipinski definition) is 2. The predicted molar refractivity (Wildman–Crippen MR) is 78.2 cm³/mol. The summed E-state index contributed by atoms with van der Waals surface area (Å²) in [6, 6.07) is 0.164. The summed E-state index contributed by atoms with van der Waals surface area (Å²) in [5, 5.41) is 3.57. The maximum absolute atomic E-state index is 11.6. The summed E-state index contributed by atoms with van der Waals surface area (Å²) >= 11 is 0. The number of esters is 1. The van der Waals surface area contributed by atoms with Crippen LogP contribution in [0.25, 0.3) is 0 Å². The molecule has 1 heterocycles. The van der Waals surface area contributed by atoms with Gasteiger partial charge in [-0.25, -0.2) is 0 Å². The largest absolute Gasteiger partial charge is 0.460 e. The smallest absolute Gasteiger partial charge is 0.323 e. The molecule has 4 nitrogen and oxygen atoms in total. The van der Waals surface area contributed by atoms with E-state index < -0.39 is 6.04 Å². The summed E-state index contributed by atoms with van der Waals surface area (Å²) in [6.07, 6.45) is 7.50. The van der Waals surface area contributed by atoms with Crippen LogP contribution in [0.3, 0.4) is 0 Å². The second kappa shape index (κ2) is 7.88. The first-order chi connectivity index (χ1) is 8.72. The Kier molecular flexibility index (Phi) is 6.83. The fourth-order valence-electron chi connectivity index (χ4n) is 3.36. The fraction of sp³-hybridized carbons (Fsp3) is 0.786. The van der Waals surface area contributed by atoms with E-state index in [2.05, 4.69) is 11.9 Å². The molecule has 0 bridgehead atoms. The van der Waals surface area contributed by atoms with Gasteiger partial charge in [-0.2, -0.15) is 0 Å². The molecule has 5 heteroatoms. The summed E-state index contributed by atoms with van der Waals surface area (Å²) < 4.78 is 5.00. The molecule has 110 valence electrons. The van der Waals surface area contributed by atoms with Crippen LogP contribution in [0.15, 0.2) is 12.7 Å². The summed E-state index contributed by atoms with van der Waals surface area (Å²) in [5.41, 5.74) is 5.92. The van der Waals surface area contributed by atoms with Crippen LogP contribution in [0, 0.1) is 11.8 Å². The van der Waals surface area contributed by atoms with E-state index in [4.69, 9.17) is 10.5 Å². The average Bonchev–Trinajstić information content (AvgIpc) is 2.79. The van der Waals surface area contributed by atoms with Crippen molar-refractivity contribution in [2.75, 3.05) is 13.2 Å². The molecule has 1 saturated carbocycles. The maximum Gasteiger partial charge on any atom is 0.323 e. The molecule has 0 aromatic rings. The van der Waals surface area contributed by atoms with Gasteiger partial charge in [-0.15, -0.1) is 12.4 Å². The Labute approximate surface area is 121 Å². The zero-order valence-electron chi connectivity index (χ0n) is 11.3. The lowest BCUT2D eigenvalue weighted by Gasteiger charge is -2.29. The summed E-state index contributed by atoms with van der Waals surface area (Å²) in [6.45, 7) is 4.77. The first-order valence-corrected chi connectivity index (χ1v) is 6.99. The predicted octanol–water partition coefficient (Wildman–Crippen LogP) is 1.63. The van der Waals surface area contributed by atoms with E-state index in [1.807, 2.05) is 0 Å². The van der Waals surface area contributed by atoms with Crippen molar-refractivity contribution in [3.05, 3.63) is 12.7 Å². The Morgan fingerprint density at radius 3 is 2.95 bits per heavy atom. The van der Waals surface area contributed by atoms with E-state index >= 15 is 0 Å². The second-order valence-corrected chi connectivity index (χ2v) is 5.48. The second-order valence-electron chi connectivity index (χ2n) is 5.48.